The van der Waals surface area contributed by atoms with E-state index in [-0.39, 0.29) is 11.3 Å². The van der Waals surface area contributed by atoms with Gasteiger partial charge in [-0.2, -0.15) is 5.10 Å². The van der Waals surface area contributed by atoms with E-state index in [1.807, 2.05) is 24.3 Å². The summed E-state index contributed by atoms with van der Waals surface area (Å²) in [4.78, 5) is 24.6. The molecular weight excluding hydrogens is 452 g/mol. The van der Waals surface area contributed by atoms with Gasteiger partial charge in [0, 0.05) is 10.2 Å². The van der Waals surface area contributed by atoms with Gasteiger partial charge in [0.2, 0.25) is 0 Å². The highest BCUT2D eigenvalue weighted by atomic mass is 79.9. The quantitative estimate of drug-likeness (QED) is 0.524. The Morgan fingerprint density at radius 2 is 1.93 bits per heavy atom. The van der Waals surface area contributed by atoms with Crippen molar-refractivity contribution < 1.29 is 19.4 Å². The molecule has 2 aromatic carbocycles. The normalized spacial score (nSPS) is 14.9. The molecule has 8 nitrogen and oxygen atoms in total. The van der Waals surface area contributed by atoms with Crippen LogP contribution < -0.4 is 15.4 Å². The van der Waals surface area contributed by atoms with E-state index in [2.05, 4.69) is 31.7 Å². The minimum atomic E-state index is -1.12. The van der Waals surface area contributed by atoms with Crippen LogP contribution in [-0.4, -0.2) is 33.9 Å². The second kappa shape index (κ2) is 8.03. The van der Waals surface area contributed by atoms with Crippen LogP contribution in [0.3, 0.4) is 0 Å². The minimum absolute atomic E-state index is 0.0257. The second-order valence-electron chi connectivity index (χ2n) is 6.51. The monoisotopic (exact) mass is 468 g/mol. The number of methoxy groups -OCH3 is 1. The van der Waals surface area contributed by atoms with E-state index in [0.29, 0.717) is 17.3 Å². The molecule has 9 heteroatoms. The van der Waals surface area contributed by atoms with Crippen LogP contribution in [0, 0.1) is 0 Å². The number of amides is 1. The fourth-order valence-corrected chi connectivity index (χ4v) is 3.71. The number of aromatic nitrogens is 2. The Kier molecular flexibility index (Phi) is 5.28. The number of carboxylic acids is 1. The molecular formula is C21H17BrN4O4. The van der Waals surface area contributed by atoms with Crippen LogP contribution in [0.15, 0.2) is 71.0 Å². The fourth-order valence-electron chi connectivity index (χ4n) is 3.20. The van der Waals surface area contributed by atoms with Crippen molar-refractivity contribution in [1.82, 2.24) is 9.78 Å². The Bertz CT molecular complexity index is 1150. The zero-order chi connectivity index (χ0) is 21.3. The first kappa shape index (κ1) is 19.7. The lowest BCUT2D eigenvalue weighted by Gasteiger charge is -2.25. The lowest BCUT2D eigenvalue weighted by molar-refractivity contribution is -0.132. The molecule has 0 bridgehead atoms. The molecule has 4 rings (SSSR count). The first-order chi connectivity index (χ1) is 14.5. The number of rotatable bonds is 5. The number of carbonyl (C=O) groups is 2. The molecule has 1 aromatic heterocycles. The molecule has 0 spiro atoms. The molecule has 1 atom stereocenters. The number of allylic oxidation sites excluding steroid dienone is 1. The molecule has 0 aliphatic carbocycles. The molecule has 1 aliphatic heterocycles. The SMILES string of the molecule is COc1ccc(NC(=O)c2cnn3c2NC(C(=O)O)=C[C@H]3c2ccccc2Br)cc1. The van der Waals surface area contributed by atoms with Gasteiger partial charge in [0.05, 0.1) is 13.3 Å². The number of hydrogen-bond acceptors (Lipinski definition) is 5. The van der Waals surface area contributed by atoms with Gasteiger partial charge in [0.1, 0.15) is 28.9 Å². The molecule has 1 aliphatic rings. The van der Waals surface area contributed by atoms with Crippen LogP contribution in [0.4, 0.5) is 11.5 Å². The van der Waals surface area contributed by atoms with E-state index < -0.39 is 17.9 Å². The topological polar surface area (TPSA) is 105 Å². The lowest BCUT2D eigenvalue weighted by Crippen LogP contribution is -2.25. The molecule has 1 amide bonds. The highest BCUT2D eigenvalue weighted by Crippen LogP contribution is 2.35. The van der Waals surface area contributed by atoms with Gasteiger partial charge >= 0.3 is 5.97 Å². The maximum Gasteiger partial charge on any atom is 0.352 e. The Morgan fingerprint density at radius 1 is 1.20 bits per heavy atom. The van der Waals surface area contributed by atoms with Crippen LogP contribution in [0.5, 0.6) is 5.75 Å². The van der Waals surface area contributed by atoms with Crippen molar-refractivity contribution in [2.75, 3.05) is 17.7 Å². The molecule has 30 heavy (non-hydrogen) atoms. The van der Waals surface area contributed by atoms with Crippen LogP contribution in [0.1, 0.15) is 22.0 Å². The van der Waals surface area contributed by atoms with Crippen molar-refractivity contribution in [3.8, 4) is 5.75 Å². The molecule has 0 radical (unpaired) electrons. The molecule has 3 aromatic rings. The number of benzene rings is 2. The summed E-state index contributed by atoms with van der Waals surface area (Å²) < 4.78 is 7.52. The Hall–Kier alpha value is -3.59. The summed E-state index contributed by atoms with van der Waals surface area (Å²) in [5, 5.41) is 19.5. The smallest absolute Gasteiger partial charge is 0.352 e. The van der Waals surface area contributed by atoms with Gasteiger partial charge in [0.15, 0.2) is 0 Å². The standard InChI is InChI=1S/C21H17BrN4O4/c1-30-13-8-6-12(7-9-13)24-20(27)15-11-23-26-18(14-4-2-3-5-16(14)22)10-17(21(28)29)25-19(15)26/h2-11,18,25H,1H3,(H,24,27)(H,28,29)/t18-/m0/s1. The van der Waals surface area contributed by atoms with E-state index in [4.69, 9.17) is 4.74 Å². The van der Waals surface area contributed by atoms with Crippen molar-refractivity contribution in [2.24, 2.45) is 0 Å². The fraction of sp³-hybridized carbons (Fsp3) is 0.0952. The van der Waals surface area contributed by atoms with Gasteiger partial charge in [-0.15, -0.1) is 0 Å². The van der Waals surface area contributed by atoms with Crippen molar-refractivity contribution in [3.05, 3.63) is 82.1 Å². The number of hydrogen-bond donors (Lipinski definition) is 3. The number of nitrogens with zero attached hydrogens (tertiary/aromatic N) is 2. The van der Waals surface area contributed by atoms with Crippen molar-refractivity contribution >= 4 is 39.3 Å². The predicted octanol–water partition coefficient (Wildman–Crippen LogP) is 3.89. The number of halogens is 1. The summed E-state index contributed by atoms with van der Waals surface area (Å²) in [6.45, 7) is 0. The molecule has 0 unspecified atom stereocenters. The number of carboxylic acid groups (broad SMARTS) is 1. The van der Waals surface area contributed by atoms with Crippen LogP contribution in [-0.2, 0) is 4.79 Å². The first-order valence-corrected chi connectivity index (χ1v) is 9.76. The van der Waals surface area contributed by atoms with Gasteiger partial charge in [-0.3, -0.25) is 4.79 Å². The predicted molar refractivity (Wildman–Crippen MR) is 115 cm³/mol. The number of anilines is 2. The summed E-state index contributed by atoms with van der Waals surface area (Å²) in [7, 11) is 1.56. The maximum atomic E-state index is 12.9. The Balaban J connectivity index is 1.70. The van der Waals surface area contributed by atoms with Crippen LogP contribution in [0.25, 0.3) is 0 Å². The average Bonchev–Trinajstić information content (AvgIpc) is 3.18. The average molecular weight is 469 g/mol. The molecule has 0 saturated heterocycles. The molecule has 2 heterocycles. The summed E-state index contributed by atoms with van der Waals surface area (Å²) in [6, 6.07) is 13.9. The van der Waals surface area contributed by atoms with Crippen LogP contribution >= 0.6 is 15.9 Å². The Morgan fingerprint density at radius 3 is 2.60 bits per heavy atom. The van der Waals surface area contributed by atoms with E-state index in [1.54, 1.807) is 42.1 Å². The summed E-state index contributed by atoms with van der Waals surface area (Å²) in [5.74, 6) is -0.556. The summed E-state index contributed by atoms with van der Waals surface area (Å²) >= 11 is 3.50. The third-order valence-corrected chi connectivity index (χ3v) is 5.41. The van der Waals surface area contributed by atoms with E-state index in [9.17, 15) is 14.7 Å². The number of ether oxygens (including phenoxy) is 1. The molecule has 0 saturated carbocycles. The largest absolute Gasteiger partial charge is 0.497 e. The molecule has 0 fully saturated rings. The van der Waals surface area contributed by atoms with Gasteiger partial charge in [-0.25, -0.2) is 9.48 Å². The third kappa shape index (κ3) is 3.67. The minimum Gasteiger partial charge on any atom is -0.497 e. The zero-order valence-electron chi connectivity index (χ0n) is 15.8. The number of carbonyl (C=O) groups excluding carboxylic acids is 1. The highest BCUT2D eigenvalue weighted by Gasteiger charge is 2.30. The molecule has 152 valence electrons. The second-order valence-corrected chi connectivity index (χ2v) is 7.37. The van der Waals surface area contributed by atoms with E-state index in [0.717, 1.165) is 10.0 Å². The lowest BCUT2D eigenvalue weighted by atomic mass is 10.0. The van der Waals surface area contributed by atoms with Gasteiger partial charge in [-0.05, 0) is 42.0 Å². The third-order valence-electron chi connectivity index (χ3n) is 4.68. The zero-order valence-corrected chi connectivity index (χ0v) is 17.4. The highest BCUT2D eigenvalue weighted by molar-refractivity contribution is 9.10. The van der Waals surface area contributed by atoms with E-state index >= 15 is 0 Å². The molecule has 3 N–H and O–H groups in total. The number of aliphatic carboxylic acids is 1. The number of nitrogens with one attached hydrogen (secondary N) is 2. The maximum absolute atomic E-state index is 12.9. The summed E-state index contributed by atoms with van der Waals surface area (Å²) in [5.41, 5.74) is 1.61. The van der Waals surface area contributed by atoms with Gasteiger partial charge in [0.25, 0.3) is 5.91 Å². The van der Waals surface area contributed by atoms with Gasteiger partial charge < -0.3 is 20.5 Å². The van der Waals surface area contributed by atoms with Gasteiger partial charge in [-0.1, -0.05) is 34.1 Å². The Labute approximate surface area is 180 Å². The van der Waals surface area contributed by atoms with E-state index in [1.165, 1.54) is 6.20 Å². The van der Waals surface area contributed by atoms with Crippen LogP contribution in [0.2, 0.25) is 0 Å². The van der Waals surface area contributed by atoms with Crippen molar-refractivity contribution in [1.29, 1.82) is 0 Å². The first-order valence-electron chi connectivity index (χ1n) is 8.97. The summed E-state index contributed by atoms with van der Waals surface area (Å²) in [6.07, 6.45) is 2.98. The van der Waals surface area contributed by atoms with Crippen molar-refractivity contribution in [2.45, 2.75) is 6.04 Å². The van der Waals surface area contributed by atoms with Crippen molar-refractivity contribution in [3.63, 3.8) is 0 Å². The number of fused-ring (bicyclic) bond motifs is 1.